The van der Waals surface area contributed by atoms with Gasteiger partial charge in [-0.1, -0.05) is 127 Å². The number of hydrogen-bond acceptors (Lipinski definition) is 5. The quantitative estimate of drug-likeness (QED) is 0.217. The Morgan fingerprint density at radius 3 is 1.18 bits per heavy atom. The number of likely N-dealkylation sites (N-methyl/N-ethyl adjacent to an activating group) is 1. The molecule has 279 valence electrons. The summed E-state index contributed by atoms with van der Waals surface area (Å²) >= 11 is 0. The smallest absolute Gasteiger partial charge is 0.123 e. The number of phenolic OH excluding ortho intramolecular Hbond substituents is 2. The van der Waals surface area contributed by atoms with Crippen molar-refractivity contribution in [2.45, 2.75) is 150 Å². The van der Waals surface area contributed by atoms with Crippen LogP contribution in [0.3, 0.4) is 0 Å². The third kappa shape index (κ3) is 18.0. The van der Waals surface area contributed by atoms with Crippen molar-refractivity contribution in [2.75, 3.05) is 40.4 Å². The average Bonchev–Trinajstić information content (AvgIpc) is 3.46. The van der Waals surface area contributed by atoms with E-state index in [0.717, 1.165) is 48.6 Å². The van der Waals surface area contributed by atoms with Crippen LogP contribution in [0, 0.1) is 6.55 Å². The Kier molecular flexibility index (Phi) is 19.1. The molecule has 1 fully saturated rings. The summed E-state index contributed by atoms with van der Waals surface area (Å²) in [6, 6.07) is 8.72. The molecule has 0 atom stereocenters. The SMILES string of the molecule is C1CCOC1.CN(C)CCN(Cc1cc(C(C)(C)C)cc(C(C)(C)C)c1O)Cc1cc(C(C)(C)C)cc(C(C)(C)C)c1O.[CH2-][Si](C)(C)C.[Y]. The van der Waals surface area contributed by atoms with Crippen molar-refractivity contribution in [3.8, 4) is 11.5 Å². The van der Waals surface area contributed by atoms with Crippen LogP contribution in [0.25, 0.3) is 0 Å². The van der Waals surface area contributed by atoms with Gasteiger partial charge in [0.15, 0.2) is 0 Å². The molecule has 0 aliphatic carbocycles. The molecule has 1 heterocycles. The van der Waals surface area contributed by atoms with E-state index in [-0.39, 0.29) is 54.4 Å². The van der Waals surface area contributed by atoms with Crippen molar-refractivity contribution < 1.29 is 47.7 Å². The van der Waals surface area contributed by atoms with Crippen LogP contribution in [0.1, 0.15) is 129 Å². The number of benzene rings is 2. The molecule has 3 rings (SSSR count). The summed E-state index contributed by atoms with van der Waals surface area (Å²) in [6.45, 7) is 41.8. The van der Waals surface area contributed by atoms with E-state index in [9.17, 15) is 10.2 Å². The summed E-state index contributed by atoms with van der Waals surface area (Å²) in [5, 5.41) is 23.0. The van der Waals surface area contributed by atoms with Crippen LogP contribution in [-0.2, 0) is 72.2 Å². The number of aromatic hydroxyl groups is 2. The van der Waals surface area contributed by atoms with Gasteiger partial charge >= 0.3 is 0 Å². The van der Waals surface area contributed by atoms with E-state index in [4.69, 9.17) is 4.74 Å². The first-order chi connectivity index (χ1) is 21.5. The van der Waals surface area contributed by atoms with E-state index >= 15 is 0 Å². The van der Waals surface area contributed by atoms with Crippen molar-refractivity contribution in [1.29, 1.82) is 0 Å². The molecule has 5 nitrogen and oxygen atoms in total. The molecule has 0 unspecified atom stereocenters. The predicted octanol–water partition coefficient (Wildman–Crippen LogP) is 10.3. The Morgan fingerprint density at radius 1 is 0.633 bits per heavy atom. The standard InChI is InChI=1S/C34H56N2O2.C4H8O.C4H11Si.Y/c1-31(2,3)25-17-23(29(37)27(19-25)33(7,8)9)21-36(16-15-35(13)14)22-24-18-26(32(4,5)6)20-28(30(24)38)34(10,11)12;1-2-4-5-3-1;1-5(2,3)4;/h17-20,37-38H,15-16,21-22H2,1-14H3;1-4H2;1H2,2-4H3;/q;;-1;. The van der Waals surface area contributed by atoms with Crippen LogP contribution in [0.15, 0.2) is 24.3 Å². The van der Waals surface area contributed by atoms with Gasteiger partial charge in [0.1, 0.15) is 11.5 Å². The minimum atomic E-state index is -0.861. The fraction of sp³-hybridized carbons (Fsp3) is 0.690. The summed E-state index contributed by atoms with van der Waals surface area (Å²) in [7, 11) is 3.31. The Bertz CT molecular complexity index is 1190. The zero-order chi connectivity index (χ0) is 37.5. The topological polar surface area (TPSA) is 56.2 Å². The Hall–Kier alpha value is -0.759. The molecule has 2 N–H and O–H groups in total. The van der Waals surface area contributed by atoms with Gasteiger partial charge in [0, 0.05) is 83.2 Å². The summed E-state index contributed by atoms with van der Waals surface area (Å²) in [5.41, 5.74) is 5.93. The van der Waals surface area contributed by atoms with Gasteiger partial charge in [-0.3, -0.25) is 4.90 Å². The van der Waals surface area contributed by atoms with Crippen LogP contribution in [0.4, 0.5) is 0 Å². The molecule has 0 aromatic heterocycles. The normalized spacial score (nSPS) is 14.2. The number of ether oxygens (including phenoxy) is 1. The summed E-state index contributed by atoms with van der Waals surface area (Å²) < 4.78 is 4.94. The third-order valence-electron chi connectivity index (χ3n) is 8.20. The minimum Gasteiger partial charge on any atom is -0.507 e. The number of rotatable bonds is 7. The number of phenols is 2. The molecule has 1 aliphatic rings. The fourth-order valence-corrected chi connectivity index (χ4v) is 5.19. The van der Waals surface area contributed by atoms with E-state index < -0.39 is 8.07 Å². The molecule has 7 heteroatoms. The maximum Gasteiger partial charge on any atom is 0.123 e. The van der Waals surface area contributed by atoms with Gasteiger partial charge in [-0.2, -0.15) is 0 Å². The van der Waals surface area contributed by atoms with Crippen LogP contribution < -0.4 is 0 Å². The number of nitrogens with zero attached hydrogens (tertiary/aromatic N) is 2. The zero-order valence-corrected chi connectivity index (χ0v) is 38.8. The summed E-state index contributed by atoms with van der Waals surface area (Å²) in [5.74, 6) is 0.784. The van der Waals surface area contributed by atoms with Gasteiger partial charge in [0.25, 0.3) is 0 Å². The molecule has 1 saturated heterocycles. The molecule has 2 aromatic rings. The van der Waals surface area contributed by atoms with E-state index in [1.54, 1.807) is 0 Å². The van der Waals surface area contributed by atoms with Gasteiger partial charge in [0.05, 0.1) is 0 Å². The second kappa shape index (κ2) is 19.4. The van der Waals surface area contributed by atoms with E-state index in [1.807, 2.05) is 0 Å². The molecule has 1 aliphatic heterocycles. The molecule has 49 heavy (non-hydrogen) atoms. The number of hydrogen-bond donors (Lipinski definition) is 2. The van der Waals surface area contributed by atoms with Crippen molar-refractivity contribution >= 4 is 8.07 Å². The third-order valence-corrected chi connectivity index (χ3v) is 8.20. The summed E-state index contributed by atoms with van der Waals surface area (Å²) in [4.78, 5) is 4.55. The minimum absolute atomic E-state index is 0. The Balaban J connectivity index is 0.00000180. The largest absolute Gasteiger partial charge is 0.507 e. The summed E-state index contributed by atoms with van der Waals surface area (Å²) in [6.07, 6.45) is 2.56. The van der Waals surface area contributed by atoms with Gasteiger partial charge in [-0.15, -0.1) is 8.07 Å². The van der Waals surface area contributed by atoms with Crippen LogP contribution in [0.5, 0.6) is 11.5 Å². The van der Waals surface area contributed by atoms with Gasteiger partial charge in [-0.25, -0.2) is 0 Å². The average molecular weight is 773 g/mol. The van der Waals surface area contributed by atoms with Crippen molar-refractivity contribution in [1.82, 2.24) is 9.80 Å². The molecule has 0 spiro atoms. The van der Waals surface area contributed by atoms with Crippen LogP contribution in [0.2, 0.25) is 19.6 Å². The van der Waals surface area contributed by atoms with Crippen LogP contribution >= 0.6 is 0 Å². The maximum atomic E-state index is 11.5. The molecule has 0 saturated carbocycles. The molecule has 0 bridgehead atoms. The van der Waals surface area contributed by atoms with Gasteiger partial charge in [-0.05, 0) is 70.9 Å². The molecule has 2 aromatic carbocycles. The first-order valence-corrected chi connectivity index (χ1v) is 21.8. The first kappa shape index (κ1) is 48.2. The Labute approximate surface area is 329 Å². The second-order valence-corrected chi connectivity index (χ2v) is 24.6. The second-order valence-electron chi connectivity index (χ2n) is 19.5. The van der Waals surface area contributed by atoms with Crippen molar-refractivity contribution in [3.05, 3.63) is 64.2 Å². The zero-order valence-electron chi connectivity index (χ0n) is 34.9. The molecular formula is C42H75N2O3SiY-. The van der Waals surface area contributed by atoms with Crippen LogP contribution in [-0.4, -0.2) is 68.5 Å². The Morgan fingerprint density at radius 2 is 0.959 bits per heavy atom. The van der Waals surface area contributed by atoms with E-state index in [0.29, 0.717) is 24.6 Å². The van der Waals surface area contributed by atoms with Crippen molar-refractivity contribution in [2.24, 2.45) is 0 Å². The maximum absolute atomic E-state index is 11.5. The molecular weight excluding hydrogens is 697 g/mol. The van der Waals surface area contributed by atoms with Crippen molar-refractivity contribution in [3.63, 3.8) is 0 Å². The molecule has 1 radical (unpaired) electrons. The monoisotopic (exact) mass is 772 g/mol. The van der Waals surface area contributed by atoms with Gasteiger partial charge in [0.2, 0.25) is 0 Å². The van der Waals surface area contributed by atoms with Gasteiger partial charge < -0.3 is 26.4 Å². The predicted molar refractivity (Wildman–Crippen MR) is 212 cm³/mol. The van der Waals surface area contributed by atoms with E-state index in [1.165, 1.54) is 24.0 Å². The first-order valence-electron chi connectivity index (χ1n) is 18.1. The molecule has 0 amide bonds. The fourth-order valence-electron chi connectivity index (χ4n) is 5.19. The van der Waals surface area contributed by atoms with E-state index in [2.05, 4.69) is 157 Å².